The number of alkyl halides is 3. The first-order valence-electron chi connectivity index (χ1n) is 4.12. The highest BCUT2D eigenvalue weighted by atomic mass is 19.4. The lowest BCUT2D eigenvalue weighted by molar-refractivity contribution is -0.275. The molecule has 90 valence electrons. The van der Waals surface area contributed by atoms with Gasteiger partial charge in [0.2, 0.25) is 5.95 Å². The second-order valence-electron chi connectivity index (χ2n) is 2.78. The molecule has 0 atom stereocenters. The van der Waals surface area contributed by atoms with E-state index in [4.69, 9.17) is 10.8 Å². The van der Waals surface area contributed by atoms with Gasteiger partial charge in [0.1, 0.15) is 5.75 Å². The van der Waals surface area contributed by atoms with Crippen molar-refractivity contribution in [2.24, 2.45) is 5.73 Å². The Morgan fingerprint density at radius 2 is 2.06 bits per heavy atom. The van der Waals surface area contributed by atoms with Gasteiger partial charge in [-0.3, -0.25) is 0 Å². The molecule has 1 heterocycles. The minimum Gasteiger partial charge on any atom is -0.405 e. The zero-order valence-corrected chi connectivity index (χ0v) is 7.88. The van der Waals surface area contributed by atoms with Crippen molar-refractivity contribution < 1.29 is 27.4 Å². The highest BCUT2D eigenvalue weighted by Gasteiger charge is 2.32. The van der Waals surface area contributed by atoms with E-state index in [0.717, 1.165) is 0 Å². The van der Waals surface area contributed by atoms with E-state index in [0.29, 0.717) is 6.07 Å². The molecule has 0 spiro atoms. The summed E-state index contributed by atoms with van der Waals surface area (Å²) in [5.41, 5.74) is 4.72. The molecule has 16 heavy (non-hydrogen) atoms. The Kier molecular flexibility index (Phi) is 3.66. The number of hydrogen-bond donors (Lipinski definition) is 2. The van der Waals surface area contributed by atoms with Crippen molar-refractivity contribution >= 4 is 0 Å². The normalized spacial score (nSPS) is 11.6. The maximum atomic E-state index is 12.8. The van der Waals surface area contributed by atoms with E-state index in [1.54, 1.807) is 0 Å². The van der Waals surface area contributed by atoms with E-state index in [1.807, 2.05) is 0 Å². The van der Waals surface area contributed by atoms with Gasteiger partial charge < -0.3 is 15.6 Å². The number of aromatic nitrogens is 1. The molecule has 0 amide bonds. The Morgan fingerprint density at radius 3 is 2.50 bits per heavy atom. The molecule has 8 heteroatoms. The summed E-state index contributed by atoms with van der Waals surface area (Å²) in [6.07, 6.45) is -4.95. The van der Waals surface area contributed by atoms with E-state index in [9.17, 15) is 17.6 Å². The highest BCUT2D eigenvalue weighted by Crippen LogP contribution is 2.28. The molecule has 0 aromatic carbocycles. The Balaban J connectivity index is 3.20. The van der Waals surface area contributed by atoms with Crippen LogP contribution in [0.15, 0.2) is 6.07 Å². The average molecular weight is 240 g/mol. The van der Waals surface area contributed by atoms with Crippen LogP contribution in [0.5, 0.6) is 5.75 Å². The third-order valence-electron chi connectivity index (χ3n) is 1.72. The second kappa shape index (κ2) is 4.62. The van der Waals surface area contributed by atoms with E-state index in [-0.39, 0.29) is 17.8 Å². The number of aliphatic hydroxyl groups is 1. The van der Waals surface area contributed by atoms with Gasteiger partial charge in [0.15, 0.2) is 0 Å². The molecule has 0 saturated heterocycles. The molecular weight excluding hydrogens is 232 g/mol. The van der Waals surface area contributed by atoms with Crippen LogP contribution in [0.25, 0.3) is 0 Å². The van der Waals surface area contributed by atoms with Crippen LogP contribution >= 0.6 is 0 Å². The molecule has 0 radical (unpaired) electrons. The number of rotatable bonds is 3. The number of nitrogens with two attached hydrogens (primary N) is 1. The maximum absolute atomic E-state index is 12.8. The fraction of sp³-hybridized carbons (Fsp3) is 0.375. The largest absolute Gasteiger partial charge is 0.573 e. The molecule has 0 fully saturated rings. The van der Waals surface area contributed by atoms with Crippen molar-refractivity contribution in [1.29, 1.82) is 0 Å². The maximum Gasteiger partial charge on any atom is 0.573 e. The molecule has 0 saturated carbocycles. The van der Waals surface area contributed by atoms with E-state index in [2.05, 4.69) is 9.72 Å². The van der Waals surface area contributed by atoms with Gasteiger partial charge in [0.25, 0.3) is 0 Å². The SMILES string of the molecule is NCc1c(OC(F)(F)F)cc(F)nc1CO. The monoisotopic (exact) mass is 240 g/mol. The first-order chi connectivity index (χ1) is 7.37. The van der Waals surface area contributed by atoms with Crippen LogP contribution in [0.2, 0.25) is 0 Å². The van der Waals surface area contributed by atoms with Gasteiger partial charge >= 0.3 is 6.36 Å². The Bertz CT molecular complexity index is 381. The van der Waals surface area contributed by atoms with Gasteiger partial charge in [-0.15, -0.1) is 13.2 Å². The van der Waals surface area contributed by atoms with Crippen LogP contribution in [0.4, 0.5) is 17.6 Å². The lowest BCUT2D eigenvalue weighted by Gasteiger charge is -2.14. The smallest absolute Gasteiger partial charge is 0.405 e. The number of pyridine rings is 1. The van der Waals surface area contributed by atoms with Gasteiger partial charge in [-0.05, 0) is 0 Å². The fourth-order valence-electron chi connectivity index (χ4n) is 1.13. The van der Waals surface area contributed by atoms with Gasteiger partial charge in [0.05, 0.1) is 12.3 Å². The molecule has 4 nitrogen and oxygen atoms in total. The molecule has 1 rings (SSSR count). The summed E-state index contributed by atoms with van der Waals surface area (Å²) in [6, 6.07) is 0.467. The molecule has 0 bridgehead atoms. The quantitative estimate of drug-likeness (QED) is 0.612. The first-order valence-corrected chi connectivity index (χ1v) is 4.12. The van der Waals surface area contributed by atoms with Crippen molar-refractivity contribution in [3.8, 4) is 5.75 Å². The summed E-state index contributed by atoms with van der Waals surface area (Å²) in [4.78, 5) is 3.21. The number of ether oxygens (including phenoxy) is 1. The van der Waals surface area contributed by atoms with Gasteiger partial charge in [-0.2, -0.15) is 4.39 Å². The minimum absolute atomic E-state index is 0.179. The summed E-state index contributed by atoms with van der Waals surface area (Å²) in [5.74, 6) is -1.97. The van der Waals surface area contributed by atoms with Gasteiger partial charge in [-0.1, -0.05) is 0 Å². The van der Waals surface area contributed by atoms with E-state index in [1.165, 1.54) is 0 Å². The minimum atomic E-state index is -4.95. The van der Waals surface area contributed by atoms with Gasteiger partial charge in [-0.25, -0.2) is 4.98 Å². The molecule has 0 aliphatic heterocycles. The number of nitrogens with zero attached hydrogens (tertiary/aromatic N) is 1. The first kappa shape index (κ1) is 12.7. The molecular formula is C8H8F4N2O2. The predicted octanol–water partition coefficient (Wildman–Crippen LogP) is 1.07. The van der Waals surface area contributed by atoms with E-state index >= 15 is 0 Å². The average Bonchev–Trinajstić information content (AvgIpc) is 2.14. The van der Waals surface area contributed by atoms with Crippen LogP contribution < -0.4 is 10.5 Å². The summed E-state index contributed by atoms with van der Waals surface area (Å²) >= 11 is 0. The van der Waals surface area contributed by atoms with Crippen molar-refractivity contribution in [3.05, 3.63) is 23.3 Å². The van der Waals surface area contributed by atoms with Crippen molar-refractivity contribution in [3.63, 3.8) is 0 Å². The Hall–Kier alpha value is -1.41. The third kappa shape index (κ3) is 3.04. The van der Waals surface area contributed by atoms with Crippen LogP contribution in [0, 0.1) is 5.95 Å². The standard InChI is InChI=1S/C8H8F4N2O2/c9-7-1-6(16-8(10,11)12)4(2-13)5(3-15)14-7/h1,15H,2-3,13H2. The molecule has 3 N–H and O–H groups in total. The number of aliphatic hydroxyl groups excluding tert-OH is 1. The molecule has 0 aliphatic rings. The highest BCUT2D eigenvalue weighted by molar-refractivity contribution is 5.36. The molecule has 1 aromatic heterocycles. The van der Waals surface area contributed by atoms with Crippen molar-refractivity contribution in [2.75, 3.05) is 0 Å². The molecule has 0 unspecified atom stereocenters. The summed E-state index contributed by atoms with van der Waals surface area (Å²) in [6.45, 7) is -1.08. The Labute approximate surface area is 87.7 Å². The van der Waals surface area contributed by atoms with Crippen LogP contribution in [-0.4, -0.2) is 16.5 Å². The van der Waals surface area contributed by atoms with E-state index < -0.39 is 24.7 Å². The zero-order chi connectivity index (χ0) is 12.3. The van der Waals surface area contributed by atoms with Gasteiger partial charge in [0, 0.05) is 18.2 Å². The Morgan fingerprint density at radius 1 is 1.44 bits per heavy atom. The topological polar surface area (TPSA) is 68.4 Å². The molecule has 0 aliphatic carbocycles. The van der Waals surface area contributed by atoms with Crippen molar-refractivity contribution in [1.82, 2.24) is 4.98 Å². The summed E-state index contributed by atoms with van der Waals surface area (Å²) in [7, 11) is 0. The lowest BCUT2D eigenvalue weighted by atomic mass is 10.2. The predicted molar refractivity (Wildman–Crippen MR) is 44.7 cm³/mol. The second-order valence-corrected chi connectivity index (χ2v) is 2.78. The fourth-order valence-corrected chi connectivity index (χ4v) is 1.13. The lowest BCUT2D eigenvalue weighted by Crippen LogP contribution is -2.20. The number of hydrogen-bond acceptors (Lipinski definition) is 4. The summed E-state index contributed by atoms with van der Waals surface area (Å²) in [5, 5.41) is 8.78. The van der Waals surface area contributed by atoms with Crippen LogP contribution in [0.1, 0.15) is 11.3 Å². The number of halogens is 4. The van der Waals surface area contributed by atoms with Crippen LogP contribution in [0.3, 0.4) is 0 Å². The zero-order valence-electron chi connectivity index (χ0n) is 7.88. The molecule has 1 aromatic rings. The van der Waals surface area contributed by atoms with Crippen molar-refractivity contribution in [2.45, 2.75) is 19.5 Å². The third-order valence-corrected chi connectivity index (χ3v) is 1.72. The summed E-state index contributed by atoms with van der Waals surface area (Å²) < 4.78 is 52.2. The van der Waals surface area contributed by atoms with Crippen LogP contribution in [-0.2, 0) is 13.2 Å².